The van der Waals surface area contributed by atoms with Crippen LogP contribution in [0.1, 0.15) is 12.0 Å². The predicted octanol–water partition coefficient (Wildman–Crippen LogP) is 3.37. The third kappa shape index (κ3) is 6.07. The van der Waals surface area contributed by atoms with Crippen molar-refractivity contribution < 1.29 is 12.6 Å². The van der Waals surface area contributed by atoms with Crippen LogP contribution in [0, 0.1) is 0 Å². The van der Waals surface area contributed by atoms with E-state index < -0.39 is 10.1 Å². The zero-order valence-electron chi connectivity index (χ0n) is 9.19. The average Bonchev–Trinajstić information content (AvgIpc) is 2.21. The van der Waals surface area contributed by atoms with E-state index in [9.17, 15) is 8.42 Å². The van der Waals surface area contributed by atoms with E-state index in [2.05, 4.69) is 4.18 Å². The Bertz CT molecular complexity index is 509. The molecule has 1 aromatic carbocycles. The predicted molar refractivity (Wildman–Crippen MR) is 70.9 cm³/mol. The van der Waals surface area contributed by atoms with Gasteiger partial charge in [0, 0.05) is 0 Å². The first-order valence-corrected chi connectivity index (χ1v) is 7.42. The molecule has 6 heteroatoms. The molecule has 0 fully saturated rings. The lowest BCUT2D eigenvalue weighted by Crippen LogP contribution is -2.02. The fourth-order valence-electron chi connectivity index (χ4n) is 1.10. The molecule has 1 rings (SSSR count). The second-order valence-electron chi connectivity index (χ2n) is 3.39. The highest BCUT2D eigenvalue weighted by molar-refractivity contribution is 7.85. The molecule has 0 saturated carbocycles. The van der Waals surface area contributed by atoms with Crippen molar-refractivity contribution in [1.82, 2.24) is 0 Å². The van der Waals surface area contributed by atoms with Crippen LogP contribution in [0.4, 0.5) is 0 Å². The Labute approximate surface area is 111 Å². The minimum atomic E-state index is -3.35. The molecule has 94 valence electrons. The molecule has 3 nitrogen and oxygen atoms in total. The van der Waals surface area contributed by atoms with Crippen molar-refractivity contribution in [3.63, 3.8) is 0 Å². The maximum absolute atomic E-state index is 10.7. The van der Waals surface area contributed by atoms with Gasteiger partial charge in [-0.2, -0.15) is 8.42 Å². The highest BCUT2D eigenvalue weighted by Crippen LogP contribution is 2.23. The van der Waals surface area contributed by atoms with Gasteiger partial charge in [-0.3, -0.25) is 4.18 Å². The Morgan fingerprint density at radius 3 is 2.59 bits per heavy atom. The van der Waals surface area contributed by atoms with Crippen molar-refractivity contribution in [2.45, 2.75) is 6.42 Å². The Morgan fingerprint density at radius 1 is 1.29 bits per heavy atom. The maximum atomic E-state index is 10.7. The molecule has 0 aliphatic heterocycles. The summed E-state index contributed by atoms with van der Waals surface area (Å²) in [5, 5.41) is 0.991. The zero-order chi connectivity index (χ0) is 12.9. The standard InChI is InChI=1S/C11H12Cl2O3S/c1-17(14,15)16-7-3-2-4-9-5-6-10(12)11(13)8-9/h2,4-6,8H,3,7H2,1H3. The minimum Gasteiger partial charge on any atom is -0.270 e. The SMILES string of the molecule is CS(=O)(=O)OCCC=Cc1ccc(Cl)c(Cl)c1. The van der Waals surface area contributed by atoms with E-state index in [1.165, 1.54) is 0 Å². The molecule has 0 unspecified atom stereocenters. The summed E-state index contributed by atoms with van der Waals surface area (Å²) in [6, 6.07) is 5.26. The van der Waals surface area contributed by atoms with Crippen LogP contribution in [0.3, 0.4) is 0 Å². The molecular weight excluding hydrogens is 283 g/mol. The fraction of sp³-hybridized carbons (Fsp3) is 0.273. The number of halogens is 2. The van der Waals surface area contributed by atoms with Gasteiger partial charge in [-0.1, -0.05) is 41.4 Å². The van der Waals surface area contributed by atoms with Crippen LogP contribution in [0.25, 0.3) is 6.08 Å². The first kappa shape index (κ1) is 14.5. The largest absolute Gasteiger partial charge is 0.270 e. The third-order valence-corrected chi connectivity index (χ3v) is 3.17. The number of benzene rings is 1. The van der Waals surface area contributed by atoms with Gasteiger partial charge in [0.05, 0.1) is 22.9 Å². The van der Waals surface area contributed by atoms with Crippen molar-refractivity contribution in [1.29, 1.82) is 0 Å². The lowest BCUT2D eigenvalue weighted by molar-refractivity contribution is 0.329. The van der Waals surface area contributed by atoms with Gasteiger partial charge in [0.1, 0.15) is 0 Å². The van der Waals surface area contributed by atoms with E-state index in [0.717, 1.165) is 11.8 Å². The van der Waals surface area contributed by atoms with Gasteiger partial charge in [0.15, 0.2) is 0 Å². The molecule has 0 atom stereocenters. The van der Waals surface area contributed by atoms with E-state index in [-0.39, 0.29) is 6.61 Å². The molecule has 0 N–H and O–H groups in total. The van der Waals surface area contributed by atoms with Gasteiger partial charge < -0.3 is 0 Å². The maximum Gasteiger partial charge on any atom is 0.264 e. The first-order chi connectivity index (χ1) is 7.88. The molecule has 0 bridgehead atoms. The topological polar surface area (TPSA) is 43.4 Å². The molecule has 0 radical (unpaired) electrons. The zero-order valence-corrected chi connectivity index (χ0v) is 11.5. The molecule has 0 heterocycles. The van der Waals surface area contributed by atoms with E-state index >= 15 is 0 Å². The van der Waals surface area contributed by atoms with Crippen molar-refractivity contribution in [3.8, 4) is 0 Å². The summed E-state index contributed by atoms with van der Waals surface area (Å²) in [5.74, 6) is 0. The summed E-state index contributed by atoms with van der Waals surface area (Å²) in [6.45, 7) is 0.136. The molecule has 0 spiro atoms. The number of rotatable bonds is 5. The van der Waals surface area contributed by atoms with E-state index in [0.29, 0.717) is 16.5 Å². The summed E-state index contributed by atoms with van der Waals surface area (Å²) in [7, 11) is -3.35. The van der Waals surface area contributed by atoms with Gasteiger partial charge in [-0.05, 0) is 24.1 Å². The highest BCUT2D eigenvalue weighted by atomic mass is 35.5. The summed E-state index contributed by atoms with van der Waals surface area (Å²) in [4.78, 5) is 0. The van der Waals surface area contributed by atoms with Crippen LogP contribution < -0.4 is 0 Å². The van der Waals surface area contributed by atoms with Crippen LogP contribution in [0.2, 0.25) is 10.0 Å². The van der Waals surface area contributed by atoms with Crippen molar-refractivity contribution in [2.75, 3.05) is 12.9 Å². The molecule has 0 aliphatic carbocycles. The van der Waals surface area contributed by atoms with Gasteiger partial charge in [0.2, 0.25) is 0 Å². The summed E-state index contributed by atoms with van der Waals surface area (Å²) < 4.78 is 25.9. The molecule has 0 aromatic heterocycles. The van der Waals surface area contributed by atoms with Crippen molar-refractivity contribution >= 4 is 39.4 Å². The van der Waals surface area contributed by atoms with E-state index in [4.69, 9.17) is 23.2 Å². The number of hydrogen-bond acceptors (Lipinski definition) is 3. The molecule has 0 aliphatic rings. The smallest absolute Gasteiger partial charge is 0.264 e. The van der Waals surface area contributed by atoms with Crippen molar-refractivity contribution in [3.05, 3.63) is 39.9 Å². The van der Waals surface area contributed by atoms with Crippen molar-refractivity contribution in [2.24, 2.45) is 0 Å². The molecular formula is C11H12Cl2O3S. The summed E-state index contributed by atoms with van der Waals surface area (Å²) in [5.41, 5.74) is 0.902. The Hall–Kier alpha value is -0.550. The minimum absolute atomic E-state index is 0.136. The average molecular weight is 295 g/mol. The molecule has 0 amide bonds. The first-order valence-electron chi connectivity index (χ1n) is 4.84. The summed E-state index contributed by atoms with van der Waals surface area (Å²) >= 11 is 11.6. The van der Waals surface area contributed by atoms with Gasteiger partial charge in [0.25, 0.3) is 10.1 Å². The Kier molecular flexibility index (Phi) is 5.46. The van der Waals surface area contributed by atoms with Crippen LogP contribution in [-0.2, 0) is 14.3 Å². The molecule has 17 heavy (non-hydrogen) atoms. The van der Waals surface area contributed by atoms with Gasteiger partial charge in [-0.15, -0.1) is 0 Å². The van der Waals surface area contributed by atoms with Gasteiger partial charge in [-0.25, -0.2) is 0 Å². The van der Waals surface area contributed by atoms with E-state index in [1.807, 2.05) is 18.2 Å². The lowest BCUT2D eigenvalue weighted by atomic mass is 10.2. The third-order valence-electron chi connectivity index (χ3n) is 1.84. The van der Waals surface area contributed by atoms with E-state index in [1.54, 1.807) is 12.1 Å². The van der Waals surface area contributed by atoms with Gasteiger partial charge >= 0.3 is 0 Å². The molecule has 1 aromatic rings. The monoisotopic (exact) mass is 294 g/mol. The van der Waals surface area contributed by atoms with Crippen LogP contribution in [0.5, 0.6) is 0 Å². The Balaban J connectivity index is 2.46. The number of hydrogen-bond donors (Lipinski definition) is 0. The quantitative estimate of drug-likeness (QED) is 0.618. The second kappa shape index (κ2) is 6.40. The highest BCUT2D eigenvalue weighted by Gasteiger charge is 1.99. The fourth-order valence-corrected chi connectivity index (χ4v) is 1.81. The van der Waals surface area contributed by atoms with Crippen LogP contribution in [-0.4, -0.2) is 21.3 Å². The lowest BCUT2D eigenvalue weighted by Gasteiger charge is -1.98. The second-order valence-corrected chi connectivity index (χ2v) is 5.85. The van der Waals surface area contributed by atoms with Crippen LogP contribution in [0.15, 0.2) is 24.3 Å². The van der Waals surface area contributed by atoms with Crippen LogP contribution >= 0.6 is 23.2 Å². The summed E-state index contributed by atoms with van der Waals surface area (Å²) in [6.07, 6.45) is 5.17. The normalized spacial score (nSPS) is 12.2. The molecule has 0 saturated heterocycles. The Morgan fingerprint density at radius 2 is 2.00 bits per heavy atom.